The highest BCUT2D eigenvalue weighted by atomic mass is 35.5. The van der Waals surface area contributed by atoms with E-state index in [4.69, 9.17) is 78.9 Å². The van der Waals surface area contributed by atoms with Crippen molar-refractivity contribution in [3.63, 3.8) is 0 Å². The third-order valence-corrected chi connectivity index (χ3v) is 14.2. The summed E-state index contributed by atoms with van der Waals surface area (Å²) in [5.74, 6) is 1.85. The van der Waals surface area contributed by atoms with Crippen LogP contribution in [0.15, 0.2) is 42.5 Å². The lowest BCUT2D eigenvalue weighted by molar-refractivity contribution is -0.123. The summed E-state index contributed by atoms with van der Waals surface area (Å²) in [5.41, 5.74) is 7.67. The number of unbranched alkanes of at least 4 members (excludes halogenated alkanes) is 3. The first-order chi connectivity index (χ1) is 41.2. The molecule has 0 saturated carbocycles. The van der Waals surface area contributed by atoms with Gasteiger partial charge in [-0.05, 0) is 86.8 Å². The van der Waals surface area contributed by atoms with Crippen molar-refractivity contribution >= 4 is 47.1 Å². The van der Waals surface area contributed by atoms with E-state index in [9.17, 15) is 24.3 Å². The lowest BCUT2D eigenvalue weighted by atomic mass is 10.1. The third kappa shape index (κ3) is 42.7. The SMILES string of the molecule is NC(=O)NC1CS[C@@H](CCCCC(=O)NCCOCCOCCOCCOCCOCCOCCOCCOCCOCCOCCOCCOCCC(=O)NCc2ccc(C(=O)NCCCCOc3ccc(CCCCCl)cc3O)cc2)C1. The second-order valence-corrected chi connectivity index (χ2v) is 21.0. The van der Waals surface area contributed by atoms with E-state index in [0.29, 0.717) is 207 Å². The van der Waals surface area contributed by atoms with E-state index in [0.717, 1.165) is 74.7 Å². The smallest absolute Gasteiger partial charge is 0.312 e. The molecule has 5 amide bonds. The Hall–Kier alpha value is -4.12. The van der Waals surface area contributed by atoms with Gasteiger partial charge in [-0.25, -0.2) is 4.79 Å². The maximum Gasteiger partial charge on any atom is 0.312 e. The molecule has 0 spiro atoms. The fourth-order valence-corrected chi connectivity index (χ4v) is 9.56. The molecule has 84 heavy (non-hydrogen) atoms. The largest absolute Gasteiger partial charge is 0.504 e. The standard InChI is InChI=1S/C59H98ClN5O18S/c60-17-4-3-7-49-12-15-55(54(66)45-49)83-20-6-5-18-63-58(69)51-13-10-50(11-14-51)47-64-57(68)16-21-71-23-25-73-27-29-75-31-33-77-35-37-79-39-41-81-43-44-82-42-40-80-38-36-78-34-32-76-30-28-74-26-24-72-22-19-62-56(67)9-2-1-8-53-46-52(48-84-53)65-59(61)70/h10-15,45,52-53,66H,1-9,16-44,46-48H2,(H,62,67)(H,63,69)(H,64,68)(H3,61,65,70)/t52?,53-/m0/s1. The summed E-state index contributed by atoms with van der Waals surface area (Å²) < 4.78 is 72.0. The van der Waals surface area contributed by atoms with Gasteiger partial charge < -0.3 is 93.7 Å². The molecule has 1 fully saturated rings. The van der Waals surface area contributed by atoms with E-state index < -0.39 is 6.03 Å². The van der Waals surface area contributed by atoms with Gasteiger partial charge in [0.2, 0.25) is 11.8 Å². The van der Waals surface area contributed by atoms with Gasteiger partial charge in [0.1, 0.15) is 0 Å². The van der Waals surface area contributed by atoms with Crippen LogP contribution in [0.4, 0.5) is 4.79 Å². The quantitative estimate of drug-likeness (QED) is 0.0377. The molecule has 1 saturated heterocycles. The number of urea groups is 1. The molecule has 0 aromatic heterocycles. The Kier molecular flexibility index (Phi) is 46.9. The van der Waals surface area contributed by atoms with Gasteiger partial charge in [-0.1, -0.05) is 24.6 Å². The molecular formula is C59H98ClN5O18S. The molecule has 1 heterocycles. The first-order valence-electron chi connectivity index (χ1n) is 29.7. The zero-order valence-electron chi connectivity index (χ0n) is 49.4. The van der Waals surface area contributed by atoms with Crippen LogP contribution in [0.2, 0.25) is 0 Å². The minimum atomic E-state index is -0.467. The van der Waals surface area contributed by atoms with Crippen molar-refractivity contribution in [2.75, 3.05) is 190 Å². The molecule has 3 rings (SSSR count). The number of aromatic hydroxyl groups is 1. The van der Waals surface area contributed by atoms with Crippen LogP contribution in [0.25, 0.3) is 0 Å². The fourth-order valence-electron chi connectivity index (χ4n) is 7.94. The number of hydrogen-bond acceptors (Lipinski definition) is 19. The average Bonchev–Trinajstić information content (AvgIpc) is 4.08. The molecule has 0 aliphatic carbocycles. The summed E-state index contributed by atoms with van der Waals surface area (Å²) >= 11 is 7.60. The molecule has 1 aliphatic rings. The molecule has 1 unspecified atom stereocenters. The summed E-state index contributed by atoms with van der Waals surface area (Å²) in [6.07, 6.45) is 8.75. The van der Waals surface area contributed by atoms with Gasteiger partial charge in [0.05, 0.1) is 165 Å². The van der Waals surface area contributed by atoms with E-state index in [1.165, 1.54) is 0 Å². The van der Waals surface area contributed by atoms with Crippen LogP contribution >= 0.6 is 23.4 Å². The molecule has 1 aliphatic heterocycles. The van der Waals surface area contributed by atoms with E-state index in [1.54, 1.807) is 24.3 Å². The Morgan fingerprint density at radius 1 is 0.512 bits per heavy atom. The summed E-state index contributed by atoms with van der Waals surface area (Å²) in [7, 11) is 0. The molecule has 0 bridgehead atoms. The van der Waals surface area contributed by atoms with Gasteiger partial charge in [0.25, 0.3) is 5.91 Å². The van der Waals surface area contributed by atoms with Crippen molar-refractivity contribution in [1.82, 2.24) is 21.3 Å². The van der Waals surface area contributed by atoms with Crippen LogP contribution < -0.4 is 31.7 Å². The summed E-state index contributed by atoms with van der Waals surface area (Å²) in [4.78, 5) is 47.9. The normalized spacial score (nSPS) is 14.0. The Labute approximate surface area is 507 Å². The van der Waals surface area contributed by atoms with E-state index in [2.05, 4.69) is 21.3 Å². The van der Waals surface area contributed by atoms with Crippen LogP contribution in [0.5, 0.6) is 11.5 Å². The van der Waals surface area contributed by atoms with Gasteiger partial charge >= 0.3 is 6.03 Å². The zero-order chi connectivity index (χ0) is 60.0. The molecular weight excluding hydrogens is 1130 g/mol. The first kappa shape index (κ1) is 74.1. The average molecular weight is 1230 g/mol. The molecule has 2 atom stereocenters. The number of amides is 5. The predicted octanol–water partition coefficient (Wildman–Crippen LogP) is 4.97. The van der Waals surface area contributed by atoms with Crippen LogP contribution in [0.1, 0.15) is 85.7 Å². The number of hydrogen-bond donors (Lipinski definition) is 6. The van der Waals surface area contributed by atoms with Gasteiger partial charge in [-0.15, -0.1) is 11.6 Å². The van der Waals surface area contributed by atoms with Crippen molar-refractivity contribution in [2.24, 2.45) is 5.73 Å². The van der Waals surface area contributed by atoms with Crippen molar-refractivity contribution in [3.8, 4) is 11.5 Å². The summed E-state index contributed by atoms with van der Waals surface area (Å²) in [6.45, 7) is 12.4. The highest BCUT2D eigenvalue weighted by Gasteiger charge is 2.25. The monoisotopic (exact) mass is 1230 g/mol. The first-order valence-corrected chi connectivity index (χ1v) is 31.3. The molecule has 0 radical (unpaired) electrons. The minimum absolute atomic E-state index is 0.0343. The number of halogens is 1. The molecule has 2 aromatic rings. The maximum absolute atomic E-state index is 12.6. The fraction of sp³-hybridized carbons (Fsp3) is 0.729. The number of primary amides is 1. The predicted molar refractivity (Wildman–Crippen MR) is 320 cm³/mol. The number of carbonyl (C=O) groups is 4. The second kappa shape index (κ2) is 53.1. The number of nitrogens with one attached hydrogen (secondary N) is 4. The van der Waals surface area contributed by atoms with Crippen LogP contribution in [0.3, 0.4) is 0 Å². The summed E-state index contributed by atoms with van der Waals surface area (Å²) in [6, 6.07) is 12.3. The highest BCUT2D eigenvalue weighted by molar-refractivity contribution is 8.00. The number of nitrogens with two attached hydrogens (primary N) is 1. The van der Waals surface area contributed by atoms with Crippen LogP contribution in [-0.4, -0.2) is 230 Å². The van der Waals surface area contributed by atoms with Crippen molar-refractivity contribution in [2.45, 2.75) is 88.5 Å². The number of alkyl halides is 1. The molecule has 2 aromatic carbocycles. The van der Waals surface area contributed by atoms with E-state index in [1.807, 2.05) is 30.0 Å². The van der Waals surface area contributed by atoms with Gasteiger partial charge in [-0.2, -0.15) is 11.8 Å². The lowest BCUT2D eigenvalue weighted by Gasteiger charge is -2.11. The molecule has 480 valence electrons. The number of phenols is 1. The number of carbonyl (C=O) groups excluding carboxylic acids is 4. The number of aryl methyl sites for hydroxylation is 1. The number of ether oxygens (including phenoxy) is 13. The third-order valence-electron chi connectivity index (χ3n) is 12.4. The summed E-state index contributed by atoms with van der Waals surface area (Å²) in [5, 5.41) is 22.2. The maximum atomic E-state index is 12.6. The Morgan fingerprint density at radius 2 is 1.00 bits per heavy atom. The Bertz CT molecular complexity index is 1960. The second-order valence-electron chi connectivity index (χ2n) is 19.3. The van der Waals surface area contributed by atoms with Crippen LogP contribution in [0, 0.1) is 0 Å². The van der Waals surface area contributed by atoms with E-state index >= 15 is 0 Å². The lowest BCUT2D eigenvalue weighted by Crippen LogP contribution is -2.38. The molecule has 23 nitrogen and oxygen atoms in total. The topological polar surface area (TPSA) is 283 Å². The van der Waals surface area contributed by atoms with Gasteiger partial charge in [-0.3, -0.25) is 14.4 Å². The van der Waals surface area contributed by atoms with Gasteiger partial charge in [0.15, 0.2) is 11.5 Å². The number of benzene rings is 2. The van der Waals surface area contributed by atoms with Crippen molar-refractivity contribution in [1.29, 1.82) is 0 Å². The molecule has 25 heteroatoms. The minimum Gasteiger partial charge on any atom is -0.504 e. The number of rotatable bonds is 58. The van der Waals surface area contributed by atoms with E-state index in [-0.39, 0.29) is 42.5 Å². The molecule has 7 N–H and O–H groups in total. The van der Waals surface area contributed by atoms with Gasteiger partial charge in [0, 0.05) is 61.0 Å². The Balaban J connectivity index is 0.924. The zero-order valence-corrected chi connectivity index (χ0v) is 51.0. The number of phenolic OH excluding ortho intramolecular Hbond substituents is 1. The van der Waals surface area contributed by atoms with Crippen molar-refractivity contribution in [3.05, 3.63) is 59.2 Å². The Morgan fingerprint density at radius 3 is 1.50 bits per heavy atom. The van der Waals surface area contributed by atoms with Crippen molar-refractivity contribution < 1.29 is 85.9 Å². The van der Waals surface area contributed by atoms with Crippen LogP contribution in [-0.2, 0) is 79.4 Å². The number of thioether (sulfide) groups is 1. The highest BCUT2D eigenvalue weighted by Crippen LogP contribution is 2.31.